The Morgan fingerprint density at radius 2 is 2.20 bits per heavy atom. The molecular formula is C16H16N6O6S2. The first kappa shape index (κ1) is 21.3. The van der Waals surface area contributed by atoms with Crippen molar-refractivity contribution in [3.8, 4) is 0 Å². The van der Waals surface area contributed by atoms with Gasteiger partial charge < -0.3 is 26.7 Å². The molecule has 6 N–H and O–H groups in total. The van der Waals surface area contributed by atoms with Gasteiger partial charge in [0.2, 0.25) is 0 Å². The summed E-state index contributed by atoms with van der Waals surface area (Å²) in [5.74, 6) is -3.05. The highest BCUT2D eigenvalue weighted by molar-refractivity contribution is 8.00. The van der Waals surface area contributed by atoms with Crippen molar-refractivity contribution >= 4 is 57.6 Å². The number of allylic oxidation sites excluding steroid dienone is 1. The number of aliphatic carboxylic acids is 1. The molecule has 1 fully saturated rings. The number of nitrogens with two attached hydrogens (primary N) is 1. The highest BCUT2D eigenvalue weighted by Crippen LogP contribution is 2.40. The maximum absolute atomic E-state index is 12.7. The fourth-order valence-electron chi connectivity index (χ4n) is 2.87. The molecule has 0 aromatic carbocycles. The van der Waals surface area contributed by atoms with Crippen LogP contribution in [-0.4, -0.2) is 73.3 Å². The van der Waals surface area contributed by atoms with E-state index in [2.05, 4.69) is 27.4 Å². The van der Waals surface area contributed by atoms with E-state index in [1.165, 1.54) is 28.1 Å². The molecule has 0 unspecified atom stereocenters. The van der Waals surface area contributed by atoms with Gasteiger partial charge in [-0.1, -0.05) is 17.8 Å². The van der Waals surface area contributed by atoms with Crippen LogP contribution in [0.4, 0.5) is 5.13 Å². The van der Waals surface area contributed by atoms with Crippen molar-refractivity contribution in [1.29, 1.82) is 0 Å². The summed E-state index contributed by atoms with van der Waals surface area (Å²) in [5, 5.41) is 26.6. The van der Waals surface area contributed by atoms with E-state index in [4.69, 9.17) is 10.8 Å². The van der Waals surface area contributed by atoms with E-state index in [0.717, 1.165) is 11.3 Å². The zero-order chi connectivity index (χ0) is 22.0. The number of hydrogen-bond acceptors (Lipinski definition) is 10. The Morgan fingerprint density at radius 1 is 1.47 bits per heavy atom. The van der Waals surface area contributed by atoms with E-state index in [1.807, 2.05) is 0 Å². The van der Waals surface area contributed by atoms with Gasteiger partial charge in [-0.25, -0.2) is 4.98 Å². The Balaban J connectivity index is 1.76. The van der Waals surface area contributed by atoms with Gasteiger partial charge in [0.05, 0.1) is 0 Å². The molecule has 14 heteroatoms. The maximum Gasteiger partial charge on any atom is 0.322 e. The van der Waals surface area contributed by atoms with Gasteiger partial charge in [0.1, 0.15) is 29.4 Å². The summed E-state index contributed by atoms with van der Waals surface area (Å²) in [7, 11) is 0. The van der Waals surface area contributed by atoms with E-state index >= 15 is 0 Å². The van der Waals surface area contributed by atoms with Crippen LogP contribution < -0.4 is 16.4 Å². The fraction of sp³-hybridized carbons (Fsp3) is 0.250. The summed E-state index contributed by atoms with van der Waals surface area (Å²) < 4.78 is 0. The highest BCUT2D eigenvalue weighted by Gasteiger charge is 2.54. The SMILES string of the molecule is C=CC1=C(C(=O)NCC(=O)O)N2C(=O)[C@@H](NC(=O)/C(=N\O)c3csc(N)n3)[C@H]2SC1. The zero-order valence-electron chi connectivity index (χ0n) is 15.2. The molecule has 1 saturated heterocycles. The fourth-order valence-corrected chi connectivity index (χ4v) is 4.76. The number of carbonyl (C=O) groups is 4. The van der Waals surface area contributed by atoms with Gasteiger partial charge in [-0.05, 0) is 5.57 Å². The van der Waals surface area contributed by atoms with Gasteiger partial charge >= 0.3 is 5.97 Å². The van der Waals surface area contributed by atoms with Crippen molar-refractivity contribution in [2.45, 2.75) is 11.4 Å². The lowest BCUT2D eigenvalue weighted by atomic mass is 10.0. The van der Waals surface area contributed by atoms with Gasteiger partial charge in [-0.3, -0.25) is 24.1 Å². The second kappa shape index (κ2) is 8.54. The van der Waals surface area contributed by atoms with Crippen molar-refractivity contribution in [3.63, 3.8) is 0 Å². The summed E-state index contributed by atoms with van der Waals surface area (Å²) in [5.41, 5.74) is 5.63. The second-order valence-electron chi connectivity index (χ2n) is 6.03. The van der Waals surface area contributed by atoms with Crippen LogP contribution in [0, 0.1) is 0 Å². The van der Waals surface area contributed by atoms with Crippen LogP contribution in [0.3, 0.4) is 0 Å². The van der Waals surface area contributed by atoms with Gasteiger partial charge in [0, 0.05) is 11.1 Å². The number of fused-ring (bicyclic) bond motifs is 1. The molecule has 2 aliphatic heterocycles. The third kappa shape index (κ3) is 3.86. The first-order chi connectivity index (χ1) is 14.3. The molecule has 1 aromatic rings. The van der Waals surface area contributed by atoms with Crippen LogP contribution in [-0.2, 0) is 19.2 Å². The molecule has 1 aromatic heterocycles. The molecule has 158 valence electrons. The van der Waals surface area contributed by atoms with E-state index in [9.17, 15) is 24.4 Å². The Hall–Kier alpha value is -3.39. The van der Waals surface area contributed by atoms with E-state index in [1.54, 1.807) is 0 Å². The minimum Gasteiger partial charge on any atom is -0.480 e. The number of thioether (sulfide) groups is 1. The topological polar surface area (TPSA) is 187 Å². The van der Waals surface area contributed by atoms with Crippen molar-refractivity contribution < 1.29 is 29.5 Å². The van der Waals surface area contributed by atoms with Gasteiger partial charge in [-0.2, -0.15) is 0 Å². The molecule has 2 aliphatic rings. The number of thiazole rings is 1. The number of rotatable bonds is 7. The molecular weight excluding hydrogens is 436 g/mol. The number of nitrogens with one attached hydrogen (secondary N) is 2. The van der Waals surface area contributed by atoms with Crippen LogP contribution in [0.25, 0.3) is 0 Å². The van der Waals surface area contributed by atoms with E-state index < -0.39 is 47.4 Å². The molecule has 30 heavy (non-hydrogen) atoms. The Morgan fingerprint density at radius 3 is 2.77 bits per heavy atom. The lowest BCUT2D eigenvalue weighted by Crippen LogP contribution is -2.71. The predicted octanol–water partition coefficient (Wildman–Crippen LogP) is -1.06. The maximum atomic E-state index is 12.7. The van der Waals surface area contributed by atoms with Crippen LogP contribution in [0.2, 0.25) is 0 Å². The van der Waals surface area contributed by atoms with Gasteiger partial charge in [0.25, 0.3) is 17.7 Å². The van der Waals surface area contributed by atoms with Crippen molar-refractivity contribution in [3.05, 3.63) is 35.0 Å². The first-order valence-electron chi connectivity index (χ1n) is 8.33. The average molecular weight is 452 g/mol. The highest BCUT2D eigenvalue weighted by atomic mass is 32.2. The second-order valence-corrected chi connectivity index (χ2v) is 8.03. The molecule has 0 saturated carbocycles. The Bertz CT molecular complexity index is 1000. The van der Waals surface area contributed by atoms with E-state index in [0.29, 0.717) is 11.3 Å². The molecule has 12 nitrogen and oxygen atoms in total. The van der Waals surface area contributed by atoms with Crippen LogP contribution >= 0.6 is 23.1 Å². The molecule has 3 rings (SSSR count). The smallest absolute Gasteiger partial charge is 0.322 e. The van der Waals surface area contributed by atoms with Crippen molar-refractivity contribution in [2.75, 3.05) is 18.0 Å². The summed E-state index contributed by atoms with van der Waals surface area (Å²) in [6.45, 7) is 3.01. The quantitative estimate of drug-likeness (QED) is 0.149. The standard InChI is InChI=1S/C16H16N6O6S2/c1-2-6-4-29-15-10(14(27)22(15)11(6)13(26)18-3-8(23)24)20-12(25)9(21-28)7-5-30-16(17)19-7/h2,5,10,15,28H,1,3-4H2,(H2,17,19)(H,18,26)(H,20,25)(H,23,24)/b21-9-/t10-,15-/m1/s1. The molecule has 0 radical (unpaired) electrons. The van der Waals surface area contributed by atoms with Crippen molar-refractivity contribution in [2.24, 2.45) is 5.16 Å². The molecule has 2 atom stereocenters. The summed E-state index contributed by atoms with van der Waals surface area (Å²) >= 11 is 2.34. The monoisotopic (exact) mass is 452 g/mol. The number of β-lactam (4-membered cyclic amide) rings is 1. The number of aromatic nitrogens is 1. The number of carboxylic acid groups (broad SMARTS) is 1. The van der Waals surface area contributed by atoms with Crippen LogP contribution in [0.5, 0.6) is 0 Å². The lowest BCUT2D eigenvalue weighted by Gasteiger charge is -2.49. The molecule has 0 spiro atoms. The molecule has 3 amide bonds. The third-order valence-electron chi connectivity index (χ3n) is 4.23. The third-order valence-corrected chi connectivity index (χ3v) is 6.20. The number of carbonyl (C=O) groups excluding carboxylic acids is 3. The Kier molecular flexibility index (Phi) is 6.07. The minimum absolute atomic E-state index is 0.00572. The summed E-state index contributed by atoms with van der Waals surface area (Å²) in [4.78, 5) is 53.4. The normalized spacial score (nSPS) is 20.9. The molecule has 3 heterocycles. The first-order valence-corrected chi connectivity index (χ1v) is 10.3. The molecule has 0 bridgehead atoms. The van der Waals surface area contributed by atoms with Crippen LogP contribution in [0.1, 0.15) is 5.69 Å². The summed E-state index contributed by atoms with van der Waals surface area (Å²) in [6.07, 6.45) is 1.42. The molecule has 0 aliphatic carbocycles. The summed E-state index contributed by atoms with van der Waals surface area (Å²) in [6, 6.07) is -0.983. The van der Waals surface area contributed by atoms with Gasteiger partial charge in [0.15, 0.2) is 10.8 Å². The zero-order valence-corrected chi connectivity index (χ0v) is 16.8. The number of hydrogen-bond donors (Lipinski definition) is 5. The van der Waals surface area contributed by atoms with Gasteiger partial charge in [-0.15, -0.1) is 23.1 Å². The average Bonchev–Trinajstić information content (AvgIpc) is 3.15. The number of amides is 3. The minimum atomic E-state index is -1.23. The number of carboxylic acids is 1. The number of nitrogen functional groups attached to an aromatic ring is 1. The lowest BCUT2D eigenvalue weighted by molar-refractivity contribution is -0.147. The number of oxime groups is 1. The van der Waals surface area contributed by atoms with Crippen LogP contribution in [0.15, 0.2) is 34.5 Å². The largest absolute Gasteiger partial charge is 0.480 e. The number of nitrogens with zero attached hydrogens (tertiary/aromatic N) is 3. The number of anilines is 1. The van der Waals surface area contributed by atoms with Crippen molar-refractivity contribution in [1.82, 2.24) is 20.5 Å². The predicted molar refractivity (Wildman–Crippen MR) is 108 cm³/mol. The van der Waals surface area contributed by atoms with E-state index in [-0.39, 0.29) is 16.5 Å². The Labute approximate surface area is 177 Å².